The van der Waals surface area contributed by atoms with Gasteiger partial charge in [-0.15, -0.1) is 0 Å². The van der Waals surface area contributed by atoms with E-state index in [9.17, 15) is 0 Å². The smallest absolute Gasteiger partial charge is 0.0308 e. The van der Waals surface area contributed by atoms with Gasteiger partial charge in [-0.05, 0) is 25.2 Å². The lowest BCUT2D eigenvalue weighted by molar-refractivity contribution is 1.31. The maximum Gasteiger partial charge on any atom is 0.0308 e. The molecule has 2 nitrogen and oxygen atoms in total. The lowest BCUT2D eigenvalue weighted by Crippen LogP contribution is -1.93. The summed E-state index contributed by atoms with van der Waals surface area (Å²) in [7, 11) is 0. The molecule has 0 saturated carbocycles. The lowest BCUT2D eigenvalue weighted by Gasteiger charge is -1.87. The summed E-state index contributed by atoms with van der Waals surface area (Å²) in [6.07, 6.45) is 5.01. The first-order chi connectivity index (χ1) is 5.16. The molecule has 0 amide bonds. The molecule has 0 aromatic carbocycles. The molecule has 11 heavy (non-hydrogen) atoms. The van der Waals surface area contributed by atoms with Crippen LogP contribution in [0.5, 0.6) is 0 Å². The first-order valence-electron chi connectivity index (χ1n) is 3.68. The fourth-order valence-corrected chi connectivity index (χ4v) is 0.296. The maximum atomic E-state index is 5.36. The minimum atomic E-state index is 0.625. The zero-order valence-electron chi connectivity index (χ0n) is 7.59. The van der Waals surface area contributed by atoms with Gasteiger partial charge in [0.25, 0.3) is 0 Å². The number of hydrogen-bond acceptors (Lipinski definition) is 2. The Balaban J connectivity index is 0. The fraction of sp³-hybridized carbons (Fsp3) is 0.333. The molecule has 0 aromatic rings. The monoisotopic (exact) mass is 154 g/mol. The third-order valence-corrected chi connectivity index (χ3v) is 0.774. The summed E-state index contributed by atoms with van der Waals surface area (Å²) in [6, 6.07) is 0. The van der Waals surface area contributed by atoms with E-state index in [1.165, 1.54) is 0 Å². The Morgan fingerprint density at radius 3 is 1.91 bits per heavy atom. The van der Waals surface area contributed by atoms with Crippen molar-refractivity contribution >= 4 is 0 Å². The second-order valence-electron chi connectivity index (χ2n) is 1.78. The Morgan fingerprint density at radius 2 is 1.64 bits per heavy atom. The van der Waals surface area contributed by atoms with Crippen molar-refractivity contribution in [3.8, 4) is 0 Å². The molecule has 0 aromatic heterocycles. The molecule has 64 valence electrons. The molecule has 0 bridgehead atoms. The van der Waals surface area contributed by atoms with Gasteiger partial charge in [0.05, 0.1) is 0 Å². The van der Waals surface area contributed by atoms with Gasteiger partial charge in [0, 0.05) is 11.4 Å². The molecule has 0 aliphatic rings. The Hall–Kier alpha value is -1.18. The molecule has 0 fully saturated rings. The summed E-state index contributed by atoms with van der Waals surface area (Å²) in [5.74, 6) is 0. The van der Waals surface area contributed by atoms with E-state index < -0.39 is 0 Å². The molecular formula is C9H18N2. The van der Waals surface area contributed by atoms with Gasteiger partial charge in [0.1, 0.15) is 0 Å². The average Bonchev–Trinajstić information content (AvgIpc) is 2.04. The molecule has 2 heteroatoms. The Bertz CT molecular complexity index is 151. The third kappa shape index (κ3) is 12.1. The Kier molecular flexibility index (Phi) is 10.0. The molecule has 0 saturated heterocycles. The molecule has 0 spiro atoms. The third-order valence-electron chi connectivity index (χ3n) is 0.774. The largest absolute Gasteiger partial charge is 0.402 e. The van der Waals surface area contributed by atoms with Crippen LogP contribution in [0.3, 0.4) is 0 Å². The van der Waals surface area contributed by atoms with Gasteiger partial charge in [-0.2, -0.15) is 0 Å². The highest BCUT2D eigenvalue weighted by molar-refractivity contribution is 5.20. The Morgan fingerprint density at radius 1 is 1.18 bits per heavy atom. The van der Waals surface area contributed by atoms with Crippen molar-refractivity contribution in [1.29, 1.82) is 0 Å². The van der Waals surface area contributed by atoms with Crippen LogP contribution < -0.4 is 11.5 Å². The van der Waals surface area contributed by atoms with Crippen molar-refractivity contribution in [2.45, 2.75) is 20.8 Å². The lowest BCUT2D eigenvalue weighted by atomic mass is 10.3. The van der Waals surface area contributed by atoms with Crippen molar-refractivity contribution < 1.29 is 0 Å². The molecule has 0 aliphatic carbocycles. The predicted octanol–water partition coefficient (Wildman–Crippen LogP) is 1.90. The summed E-state index contributed by atoms with van der Waals surface area (Å²) < 4.78 is 0. The van der Waals surface area contributed by atoms with Gasteiger partial charge in [0.2, 0.25) is 0 Å². The first-order valence-corrected chi connectivity index (χ1v) is 3.68. The van der Waals surface area contributed by atoms with Crippen molar-refractivity contribution in [3.63, 3.8) is 0 Å². The quantitative estimate of drug-likeness (QED) is 0.597. The molecular weight excluding hydrogens is 136 g/mol. The predicted molar refractivity (Wildman–Crippen MR) is 51.8 cm³/mol. The van der Waals surface area contributed by atoms with E-state index in [0.29, 0.717) is 5.70 Å². The standard InChI is InChI=1S/C7H12N2.C2H6/c1-3-7(9)5-4-6(2)8;1-2/h3-5H,1,8-9H2,2H3;1-2H3/b6-4+,7-5+;. The van der Waals surface area contributed by atoms with Crippen LogP contribution in [0.2, 0.25) is 0 Å². The number of nitrogens with two attached hydrogens (primary N) is 2. The second-order valence-corrected chi connectivity index (χ2v) is 1.78. The van der Waals surface area contributed by atoms with Crippen molar-refractivity contribution in [2.24, 2.45) is 11.5 Å². The normalized spacial score (nSPS) is 11.5. The fourth-order valence-electron chi connectivity index (χ4n) is 0.296. The summed E-state index contributed by atoms with van der Waals surface area (Å²) in [4.78, 5) is 0. The molecule has 0 aliphatic heterocycles. The van der Waals surface area contributed by atoms with Crippen LogP contribution in [0.15, 0.2) is 36.2 Å². The maximum absolute atomic E-state index is 5.36. The van der Waals surface area contributed by atoms with Crippen LogP contribution in [0.1, 0.15) is 20.8 Å². The SMILES string of the molecule is C=C/C(N)=C\C=C(/C)N.CC. The number of hydrogen-bond donors (Lipinski definition) is 2. The van der Waals surface area contributed by atoms with Gasteiger partial charge >= 0.3 is 0 Å². The van der Waals surface area contributed by atoms with Crippen LogP contribution >= 0.6 is 0 Å². The molecule has 4 N–H and O–H groups in total. The van der Waals surface area contributed by atoms with Gasteiger partial charge in [-0.1, -0.05) is 20.4 Å². The molecule has 0 atom stereocenters. The molecule has 0 unspecified atom stereocenters. The first kappa shape index (κ1) is 12.5. The van der Waals surface area contributed by atoms with E-state index in [4.69, 9.17) is 11.5 Å². The van der Waals surface area contributed by atoms with E-state index in [-0.39, 0.29) is 0 Å². The minimum absolute atomic E-state index is 0.625. The van der Waals surface area contributed by atoms with Crippen LogP contribution in [-0.4, -0.2) is 0 Å². The number of rotatable bonds is 2. The zero-order valence-corrected chi connectivity index (χ0v) is 7.59. The van der Waals surface area contributed by atoms with E-state index in [0.717, 1.165) is 5.70 Å². The van der Waals surface area contributed by atoms with Crippen LogP contribution in [0.4, 0.5) is 0 Å². The summed E-state index contributed by atoms with van der Waals surface area (Å²) >= 11 is 0. The molecule has 0 rings (SSSR count). The minimum Gasteiger partial charge on any atom is -0.402 e. The van der Waals surface area contributed by atoms with E-state index in [1.54, 1.807) is 25.2 Å². The summed E-state index contributed by atoms with van der Waals surface area (Å²) in [6.45, 7) is 9.27. The van der Waals surface area contributed by atoms with E-state index >= 15 is 0 Å². The zero-order chi connectivity index (χ0) is 9.28. The topological polar surface area (TPSA) is 52.0 Å². The van der Waals surface area contributed by atoms with Crippen LogP contribution in [-0.2, 0) is 0 Å². The van der Waals surface area contributed by atoms with Crippen LogP contribution in [0.25, 0.3) is 0 Å². The Labute approximate surface area is 69.3 Å². The summed E-state index contributed by atoms with van der Waals surface area (Å²) in [5, 5.41) is 0. The van der Waals surface area contributed by atoms with Crippen molar-refractivity contribution in [1.82, 2.24) is 0 Å². The average molecular weight is 154 g/mol. The van der Waals surface area contributed by atoms with Crippen LogP contribution in [0, 0.1) is 0 Å². The van der Waals surface area contributed by atoms with Crippen molar-refractivity contribution in [3.05, 3.63) is 36.2 Å². The van der Waals surface area contributed by atoms with Gasteiger partial charge < -0.3 is 11.5 Å². The van der Waals surface area contributed by atoms with Crippen molar-refractivity contribution in [2.75, 3.05) is 0 Å². The van der Waals surface area contributed by atoms with Gasteiger partial charge in [-0.3, -0.25) is 0 Å². The highest BCUT2D eigenvalue weighted by atomic mass is 14.6. The summed E-state index contributed by atoms with van der Waals surface area (Å²) in [5.41, 5.74) is 12.0. The highest BCUT2D eigenvalue weighted by Gasteiger charge is 1.75. The molecule has 0 heterocycles. The van der Waals surface area contributed by atoms with E-state index in [1.807, 2.05) is 13.8 Å². The van der Waals surface area contributed by atoms with Gasteiger partial charge in [-0.25, -0.2) is 0 Å². The number of allylic oxidation sites excluding steroid dienone is 4. The van der Waals surface area contributed by atoms with E-state index in [2.05, 4.69) is 6.58 Å². The van der Waals surface area contributed by atoms with Gasteiger partial charge in [0.15, 0.2) is 0 Å². The second kappa shape index (κ2) is 8.82. The molecule has 0 radical (unpaired) electrons. The highest BCUT2D eigenvalue weighted by Crippen LogP contribution is 1.87.